The van der Waals surface area contributed by atoms with Crippen molar-refractivity contribution in [3.63, 3.8) is 0 Å². The van der Waals surface area contributed by atoms with Crippen LogP contribution in [-0.2, 0) is 14.6 Å². The van der Waals surface area contributed by atoms with Crippen molar-refractivity contribution in [2.75, 3.05) is 48.4 Å². The van der Waals surface area contributed by atoms with Crippen LogP contribution in [0.15, 0.2) is 36.9 Å². The lowest BCUT2D eigenvalue weighted by Gasteiger charge is -2.28. The number of aromatic nitrogens is 6. The predicted octanol–water partition coefficient (Wildman–Crippen LogP) is 1.89. The Balaban J connectivity index is 1.40. The number of fused-ring (bicyclic) bond motifs is 1. The highest BCUT2D eigenvalue weighted by Crippen LogP contribution is 2.36. The number of rotatable bonds is 4. The molecule has 35 heavy (non-hydrogen) atoms. The summed E-state index contributed by atoms with van der Waals surface area (Å²) in [5, 5.41) is 12.3. The number of aromatic amines is 1. The maximum absolute atomic E-state index is 11.8. The molecule has 0 amide bonds. The normalized spacial score (nSPS) is 18.8. The lowest BCUT2D eigenvalue weighted by Crippen LogP contribution is -2.40. The van der Waals surface area contributed by atoms with E-state index in [0.29, 0.717) is 30.3 Å². The number of nitrogen functional groups attached to an aromatic ring is 1. The minimum absolute atomic E-state index is 0.147. The number of sulfone groups is 1. The quantitative estimate of drug-likeness (QED) is 0.434. The Morgan fingerprint density at radius 2 is 1.89 bits per heavy atom. The second-order valence-electron chi connectivity index (χ2n) is 9.01. The Hall–Kier alpha value is -3.51. The van der Waals surface area contributed by atoms with E-state index in [0.717, 1.165) is 60.0 Å². The lowest BCUT2D eigenvalue weighted by atomic mass is 9.96. The molecule has 0 atom stereocenters. The SMILES string of the molecule is Nc1ncnn2c(-c3cncc(N4CCS(=O)(=O)CC4)c3)cc(-c3cc(C4CCOCC4)[nH]n3)c12. The first-order valence-electron chi connectivity index (χ1n) is 11.6. The summed E-state index contributed by atoms with van der Waals surface area (Å²) < 4.78 is 31.0. The summed E-state index contributed by atoms with van der Waals surface area (Å²) in [5.41, 5.74) is 12.2. The van der Waals surface area contributed by atoms with Crippen LogP contribution in [-0.4, -0.2) is 76.0 Å². The number of nitrogens with zero attached hydrogens (tertiary/aromatic N) is 6. The standard InChI is InChI=1S/C23H26N8O3S/c24-23-22-18(20-11-19(28-29-20)15-1-5-34-6-2-15)10-21(31(22)27-14-26-23)16-9-17(13-25-12-16)30-3-7-35(32,33)8-4-30/h9-15H,1-8H2,(H,28,29)(H2,24,26,27). The topological polar surface area (TPSA) is 144 Å². The summed E-state index contributed by atoms with van der Waals surface area (Å²) in [6, 6.07) is 6.09. The molecule has 11 nitrogen and oxygen atoms in total. The van der Waals surface area contributed by atoms with Crippen LogP contribution in [0.1, 0.15) is 24.5 Å². The smallest absolute Gasteiger partial charge is 0.153 e. The molecule has 12 heteroatoms. The fraction of sp³-hybridized carbons (Fsp3) is 0.391. The highest BCUT2D eigenvalue weighted by molar-refractivity contribution is 7.91. The van der Waals surface area contributed by atoms with E-state index >= 15 is 0 Å². The molecule has 2 fully saturated rings. The van der Waals surface area contributed by atoms with E-state index in [1.165, 1.54) is 6.33 Å². The first kappa shape index (κ1) is 22.0. The van der Waals surface area contributed by atoms with Crippen molar-refractivity contribution in [2.24, 2.45) is 0 Å². The highest BCUT2D eigenvalue weighted by Gasteiger charge is 2.24. The van der Waals surface area contributed by atoms with Gasteiger partial charge in [0, 0.05) is 55.2 Å². The Kier molecular flexibility index (Phi) is 5.41. The Bertz CT molecular complexity index is 1480. The van der Waals surface area contributed by atoms with Crippen molar-refractivity contribution in [1.29, 1.82) is 0 Å². The maximum atomic E-state index is 11.8. The van der Waals surface area contributed by atoms with Crippen molar-refractivity contribution >= 4 is 26.9 Å². The molecule has 6 rings (SSSR count). The minimum Gasteiger partial charge on any atom is -0.382 e. The number of nitrogens with one attached hydrogen (secondary N) is 1. The van der Waals surface area contributed by atoms with Gasteiger partial charge in [0.25, 0.3) is 0 Å². The van der Waals surface area contributed by atoms with E-state index in [2.05, 4.69) is 31.3 Å². The van der Waals surface area contributed by atoms with Gasteiger partial charge in [-0.15, -0.1) is 0 Å². The molecule has 0 aliphatic carbocycles. The number of nitrogens with two attached hydrogens (primary N) is 1. The van der Waals surface area contributed by atoms with E-state index in [-0.39, 0.29) is 11.5 Å². The van der Waals surface area contributed by atoms with Crippen LogP contribution in [0.3, 0.4) is 0 Å². The average molecular weight is 495 g/mol. The van der Waals surface area contributed by atoms with Gasteiger partial charge >= 0.3 is 0 Å². The van der Waals surface area contributed by atoms with Crippen molar-refractivity contribution in [3.05, 3.63) is 42.6 Å². The molecular formula is C23H26N8O3S. The van der Waals surface area contributed by atoms with Crippen LogP contribution in [0.25, 0.3) is 28.0 Å². The molecule has 6 heterocycles. The number of hydrogen-bond donors (Lipinski definition) is 2. The van der Waals surface area contributed by atoms with Gasteiger partial charge in [0.1, 0.15) is 11.8 Å². The number of pyridine rings is 1. The molecule has 0 spiro atoms. The summed E-state index contributed by atoms with van der Waals surface area (Å²) in [4.78, 5) is 10.7. The zero-order valence-electron chi connectivity index (χ0n) is 19.1. The van der Waals surface area contributed by atoms with Gasteiger partial charge in [-0.05, 0) is 31.0 Å². The zero-order chi connectivity index (χ0) is 24.0. The molecule has 2 aliphatic rings. The van der Waals surface area contributed by atoms with Crippen molar-refractivity contribution in [2.45, 2.75) is 18.8 Å². The van der Waals surface area contributed by atoms with Gasteiger partial charge in [0.05, 0.1) is 34.8 Å². The fourth-order valence-electron chi connectivity index (χ4n) is 4.87. The maximum Gasteiger partial charge on any atom is 0.153 e. The average Bonchev–Trinajstić information content (AvgIpc) is 3.51. The van der Waals surface area contributed by atoms with E-state index in [1.807, 2.05) is 17.0 Å². The summed E-state index contributed by atoms with van der Waals surface area (Å²) in [6.45, 7) is 2.41. The van der Waals surface area contributed by atoms with E-state index in [1.54, 1.807) is 16.9 Å². The second kappa shape index (κ2) is 8.61. The monoisotopic (exact) mass is 494 g/mol. The minimum atomic E-state index is -2.97. The Morgan fingerprint density at radius 1 is 1.09 bits per heavy atom. The number of anilines is 2. The van der Waals surface area contributed by atoms with Gasteiger partial charge in [-0.2, -0.15) is 10.2 Å². The number of hydrogen-bond acceptors (Lipinski definition) is 9. The van der Waals surface area contributed by atoms with Crippen molar-refractivity contribution in [1.82, 2.24) is 29.8 Å². The molecule has 182 valence electrons. The summed E-state index contributed by atoms with van der Waals surface area (Å²) >= 11 is 0. The summed E-state index contributed by atoms with van der Waals surface area (Å²) in [6.07, 6.45) is 6.89. The molecule has 2 saturated heterocycles. The molecule has 4 aromatic heterocycles. The van der Waals surface area contributed by atoms with Gasteiger partial charge in [-0.3, -0.25) is 10.1 Å². The molecule has 4 aromatic rings. The Morgan fingerprint density at radius 3 is 2.69 bits per heavy atom. The fourth-order valence-corrected chi connectivity index (χ4v) is 6.07. The number of H-pyrrole nitrogens is 1. The third-order valence-corrected chi connectivity index (χ3v) is 8.46. The van der Waals surface area contributed by atoms with Gasteiger partial charge in [-0.1, -0.05) is 0 Å². The summed E-state index contributed by atoms with van der Waals surface area (Å²) in [7, 11) is -2.97. The van der Waals surface area contributed by atoms with Gasteiger partial charge in [-0.25, -0.2) is 17.9 Å². The van der Waals surface area contributed by atoms with Gasteiger partial charge < -0.3 is 15.4 Å². The zero-order valence-corrected chi connectivity index (χ0v) is 19.9. The van der Waals surface area contributed by atoms with Crippen molar-refractivity contribution < 1.29 is 13.2 Å². The summed E-state index contributed by atoms with van der Waals surface area (Å²) in [5.74, 6) is 1.05. The molecule has 3 N–H and O–H groups in total. The first-order chi connectivity index (χ1) is 17.0. The van der Waals surface area contributed by atoms with E-state index < -0.39 is 9.84 Å². The third kappa shape index (κ3) is 4.12. The van der Waals surface area contributed by atoms with Crippen LogP contribution in [0.5, 0.6) is 0 Å². The molecule has 0 saturated carbocycles. The molecular weight excluding hydrogens is 468 g/mol. The van der Waals surface area contributed by atoms with Crippen LogP contribution in [0.4, 0.5) is 11.5 Å². The largest absolute Gasteiger partial charge is 0.382 e. The van der Waals surface area contributed by atoms with E-state index in [4.69, 9.17) is 10.5 Å². The predicted molar refractivity (Wildman–Crippen MR) is 132 cm³/mol. The van der Waals surface area contributed by atoms with Crippen LogP contribution in [0, 0.1) is 0 Å². The van der Waals surface area contributed by atoms with Crippen LogP contribution in [0.2, 0.25) is 0 Å². The molecule has 0 bridgehead atoms. The van der Waals surface area contributed by atoms with Gasteiger partial charge in [0.2, 0.25) is 0 Å². The highest BCUT2D eigenvalue weighted by atomic mass is 32.2. The van der Waals surface area contributed by atoms with Crippen LogP contribution >= 0.6 is 0 Å². The van der Waals surface area contributed by atoms with Gasteiger partial charge in [0.15, 0.2) is 15.7 Å². The molecule has 0 unspecified atom stereocenters. The van der Waals surface area contributed by atoms with E-state index in [9.17, 15) is 8.42 Å². The lowest BCUT2D eigenvalue weighted by molar-refractivity contribution is 0.0845. The van der Waals surface area contributed by atoms with Crippen LogP contribution < -0.4 is 10.6 Å². The molecule has 0 aromatic carbocycles. The second-order valence-corrected chi connectivity index (χ2v) is 11.3. The Labute approximate surface area is 202 Å². The van der Waals surface area contributed by atoms with Crippen molar-refractivity contribution in [3.8, 4) is 22.5 Å². The molecule has 2 aliphatic heterocycles. The molecule has 0 radical (unpaired) electrons. The first-order valence-corrected chi connectivity index (χ1v) is 13.5. The third-order valence-electron chi connectivity index (χ3n) is 6.85. The number of ether oxygens (including phenoxy) is 1.